The smallest absolute Gasteiger partial charge is 0.254 e. The molecule has 0 fully saturated rings. The van der Waals surface area contributed by atoms with Gasteiger partial charge in [-0.15, -0.1) is 11.8 Å². The first-order valence-electron chi connectivity index (χ1n) is 3.03. The largest absolute Gasteiger partial charge is 0.339 e. The second-order valence-corrected chi connectivity index (χ2v) is 3.19. The van der Waals surface area contributed by atoms with E-state index >= 15 is 0 Å². The monoisotopic (exact) mass is 188 g/mol. The van der Waals surface area contributed by atoms with Gasteiger partial charge in [-0.05, 0) is 18.5 Å². The summed E-state index contributed by atoms with van der Waals surface area (Å²) in [5.41, 5.74) is -0.0527. The predicted molar refractivity (Wildman–Crippen MR) is 49.4 cm³/mol. The molecule has 5 heteroatoms. The fraction of sp³-hybridized carbons (Fsp3) is 0.333. The molecule has 60 valence electrons. The van der Waals surface area contributed by atoms with Gasteiger partial charge in [0.15, 0.2) is 4.77 Å². The zero-order valence-corrected chi connectivity index (χ0v) is 7.67. The van der Waals surface area contributed by atoms with Crippen LogP contribution >= 0.6 is 24.0 Å². The molecule has 3 nitrogen and oxygen atoms in total. The third-order valence-corrected chi connectivity index (χ3v) is 2.06. The summed E-state index contributed by atoms with van der Waals surface area (Å²) >= 11 is 6.46. The van der Waals surface area contributed by atoms with E-state index < -0.39 is 0 Å². The maximum atomic E-state index is 11.1. The Hall–Kier alpha value is -0.550. The highest BCUT2D eigenvalue weighted by Gasteiger charge is 1.93. The van der Waals surface area contributed by atoms with Crippen molar-refractivity contribution in [3.63, 3.8) is 0 Å². The quantitative estimate of drug-likeness (QED) is 0.709. The molecule has 0 aromatic carbocycles. The molecule has 1 aromatic rings. The summed E-state index contributed by atoms with van der Waals surface area (Å²) in [5, 5.41) is 0. The molecule has 1 heterocycles. The summed E-state index contributed by atoms with van der Waals surface area (Å²) in [7, 11) is 0. The van der Waals surface area contributed by atoms with Crippen LogP contribution in [0.3, 0.4) is 0 Å². The van der Waals surface area contributed by atoms with Gasteiger partial charge in [-0.25, -0.2) is 0 Å². The number of H-pyrrole nitrogens is 1. The first kappa shape index (κ1) is 8.55. The molecule has 0 aliphatic heterocycles. The van der Waals surface area contributed by atoms with Gasteiger partial charge in [-0.1, -0.05) is 0 Å². The number of aromatic amines is 1. The molecular formula is C6H8N2OS2. The molecule has 1 N–H and O–H groups in total. The van der Waals surface area contributed by atoms with E-state index in [0.29, 0.717) is 10.6 Å². The van der Waals surface area contributed by atoms with Crippen LogP contribution in [0, 0.1) is 4.77 Å². The van der Waals surface area contributed by atoms with E-state index in [1.54, 1.807) is 18.0 Å². The van der Waals surface area contributed by atoms with Gasteiger partial charge >= 0.3 is 0 Å². The van der Waals surface area contributed by atoms with Crippen molar-refractivity contribution in [1.82, 2.24) is 9.55 Å². The van der Waals surface area contributed by atoms with Crippen LogP contribution in [0.2, 0.25) is 0 Å². The minimum Gasteiger partial charge on any atom is -0.339 e. The minimum atomic E-state index is -0.0527. The first-order valence-corrected chi connectivity index (χ1v) is 4.83. The third kappa shape index (κ3) is 1.94. The molecule has 0 aliphatic rings. The van der Waals surface area contributed by atoms with E-state index in [1.807, 2.05) is 6.26 Å². The van der Waals surface area contributed by atoms with Crippen molar-refractivity contribution in [3.8, 4) is 0 Å². The lowest BCUT2D eigenvalue weighted by Crippen LogP contribution is -2.18. The number of hydrogen-bond acceptors (Lipinski definition) is 3. The van der Waals surface area contributed by atoms with E-state index in [0.717, 1.165) is 0 Å². The Bertz CT molecular complexity index is 313. The average Bonchev–Trinajstić information content (AvgIpc) is 1.97. The summed E-state index contributed by atoms with van der Waals surface area (Å²) in [6.45, 7) is 0. The van der Waals surface area contributed by atoms with Gasteiger partial charge in [0.25, 0.3) is 5.56 Å². The highest BCUT2D eigenvalue weighted by molar-refractivity contribution is 7.97. The Morgan fingerprint density at radius 3 is 3.09 bits per heavy atom. The molecule has 11 heavy (non-hydrogen) atoms. The van der Waals surface area contributed by atoms with Crippen LogP contribution in [-0.2, 0) is 5.88 Å². The lowest BCUT2D eigenvalue weighted by Gasteiger charge is -2.00. The molecule has 0 aliphatic carbocycles. The number of rotatable bonds is 2. The van der Waals surface area contributed by atoms with E-state index in [2.05, 4.69) is 4.98 Å². The van der Waals surface area contributed by atoms with E-state index in [4.69, 9.17) is 12.2 Å². The second-order valence-electron chi connectivity index (χ2n) is 1.97. The van der Waals surface area contributed by atoms with Crippen molar-refractivity contribution >= 4 is 24.0 Å². The van der Waals surface area contributed by atoms with Crippen molar-refractivity contribution < 1.29 is 0 Å². The predicted octanol–water partition coefficient (Wildman–Crippen LogP) is 1.23. The van der Waals surface area contributed by atoms with Gasteiger partial charge in [0.05, 0.1) is 5.88 Å². The average molecular weight is 188 g/mol. The van der Waals surface area contributed by atoms with Gasteiger partial charge in [0.1, 0.15) is 0 Å². The second kappa shape index (κ2) is 3.73. The number of nitrogens with one attached hydrogen (secondary N) is 1. The molecule has 0 radical (unpaired) electrons. The summed E-state index contributed by atoms with van der Waals surface area (Å²) in [6.07, 6.45) is 3.48. The van der Waals surface area contributed by atoms with Crippen molar-refractivity contribution in [2.75, 3.05) is 6.26 Å². The SMILES string of the molecule is CSCn1c(=O)cc[nH]c1=S. The minimum absolute atomic E-state index is 0.0527. The molecule has 0 atom stereocenters. The number of nitrogens with zero attached hydrogens (tertiary/aromatic N) is 1. The molecule has 1 rings (SSSR count). The fourth-order valence-electron chi connectivity index (χ4n) is 0.704. The first-order chi connectivity index (χ1) is 5.25. The van der Waals surface area contributed by atoms with Crippen LogP contribution in [0.4, 0.5) is 0 Å². The van der Waals surface area contributed by atoms with Crippen LogP contribution in [-0.4, -0.2) is 15.8 Å². The van der Waals surface area contributed by atoms with Crippen molar-refractivity contribution in [2.24, 2.45) is 0 Å². The molecule has 0 saturated carbocycles. The number of hydrogen-bond donors (Lipinski definition) is 1. The molecule has 0 saturated heterocycles. The van der Waals surface area contributed by atoms with Gasteiger partial charge < -0.3 is 4.98 Å². The van der Waals surface area contributed by atoms with Crippen LogP contribution < -0.4 is 5.56 Å². The van der Waals surface area contributed by atoms with Crippen molar-refractivity contribution in [3.05, 3.63) is 27.4 Å². The molecule has 0 bridgehead atoms. The summed E-state index contributed by atoms with van der Waals surface area (Å²) in [6, 6.07) is 1.46. The zero-order chi connectivity index (χ0) is 8.27. The van der Waals surface area contributed by atoms with Gasteiger partial charge in [-0.2, -0.15) is 0 Å². The van der Waals surface area contributed by atoms with E-state index in [9.17, 15) is 4.79 Å². The van der Waals surface area contributed by atoms with Gasteiger partial charge in [0.2, 0.25) is 0 Å². The van der Waals surface area contributed by atoms with Crippen LogP contribution in [0.5, 0.6) is 0 Å². The Labute approximate surface area is 73.5 Å². The lowest BCUT2D eigenvalue weighted by molar-refractivity contribution is 0.790. The van der Waals surface area contributed by atoms with Crippen molar-refractivity contribution in [2.45, 2.75) is 5.88 Å². The summed E-state index contributed by atoms with van der Waals surface area (Å²) in [4.78, 5) is 13.9. The molecular weight excluding hydrogens is 180 g/mol. The summed E-state index contributed by atoms with van der Waals surface area (Å²) < 4.78 is 1.99. The Balaban J connectivity index is 3.22. The zero-order valence-electron chi connectivity index (χ0n) is 6.03. The molecule has 0 unspecified atom stereocenters. The molecule has 0 spiro atoms. The van der Waals surface area contributed by atoms with Crippen LogP contribution in [0.25, 0.3) is 0 Å². The number of aromatic nitrogens is 2. The van der Waals surface area contributed by atoms with E-state index in [1.165, 1.54) is 10.6 Å². The highest BCUT2D eigenvalue weighted by Crippen LogP contribution is 1.95. The maximum absolute atomic E-state index is 11.1. The summed E-state index contributed by atoms with van der Waals surface area (Å²) in [5.74, 6) is 0.606. The Morgan fingerprint density at radius 2 is 2.55 bits per heavy atom. The van der Waals surface area contributed by atoms with E-state index in [-0.39, 0.29) is 5.56 Å². The maximum Gasteiger partial charge on any atom is 0.254 e. The standard InChI is InChI=1S/C6H8N2OS2/c1-11-4-8-5(9)2-3-7-6(8)10/h2-3H,4H2,1H3,(H,7,10). The third-order valence-electron chi connectivity index (χ3n) is 1.20. The lowest BCUT2D eigenvalue weighted by atomic mass is 10.6. The normalized spacial score (nSPS) is 9.91. The highest BCUT2D eigenvalue weighted by atomic mass is 32.2. The van der Waals surface area contributed by atoms with Crippen molar-refractivity contribution in [1.29, 1.82) is 0 Å². The van der Waals surface area contributed by atoms with Gasteiger partial charge in [0, 0.05) is 12.3 Å². The van der Waals surface area contributed by atoms with Crippen LogP contribution in [0.15, 0.2) is 17.1 Å². The Morgan fingerprint density at radius 1 is 1.82 bits per heavy atom. The topological polar surface area (TPSA) is 37.8 Å². The van der Waals surface area contributed by atoms with Crippen LogP contribution in [0.1, 0.15) is 0 Å². The molecule has 1 aromatic heterocycles. The number of thioether (sulfide) groups is 1. The Kier molecular flexibility index (Phi) is 2.90. The van der Waals surface area contributed by atoms with Gasteiger partial charge in [-0.3, -0.25) is 9.36 Å². The molecule has 0 amide bonds. The fourth-order valence-corrected chi connectivity index (χ4v) is 1.52.